The maximum absolute atomic E-state index is 12.5. The predicted octanol–water partition coefficient (Wildman–Crippen LogP) is 1.36. The van der Waals surface area contributed by atoms with Crippen molar-refractivity contribution in [2.45, 2.75) is 37.8 Å². The van der Waals surface area contributed by atoms with E-state index in [9.17, 15) is 4.79 Å². The second kappa shape index (κ2) is 5.21. The number of hydrogen-bond donors (Lipinski definition) is 1. The van der Waals surface area contributed by atoms with Gasteiger partial charge in [-0.15, -0.1) is 0 Å². The van der Waals surface area contributed by atoms with Crippen LogP contribution in [0.1, 0.15) is 24.8 Å². The van der Waals surface area contributed by atoms with Crippen molar-refractivity contribution in [3.05, 3.63) is 29.8 Å². The van der Waals surface area contributed by atoms with Crippen LogP contribution in [-0.2, 0) is 11.2 Å². The predicted molar refractivity (Wildman–Crippen MR) is 71.0 cm³/mol. The lowest BCUT2D eigenvalue weighted by atomic mass is 9.91. The summed E-state index contributed by atoms with van der Waals surface area (Å²) in [5.74, 6) is 0.841. The number of carbonyl (C=O) groups is 1. The Morgan fingerprint density at radius 3 is 2.79 bits per heavy atom. The minimum absolute atomic E-state index is 0.0158. The van der Waals surface area contributed by atoms with Gasteiger partial charge in [0.2, 0.25) is 0 Å². The molecular weight excluding hydrogens is 242 g/mol. The van der Waals surface area contributed by atoms with Crippen molar-refractivity contribution in [1.82, 2.24) is 4.90 Å². The number of para-hydroxylation sites is 1. The van der Waals surface area contributed by atoms with Gasteiger partial charge in [0.15, 0.2) is 6.10 Å². The third kappa shape index (κ3) is 2.32. The summed E-state index contributed by atoms with van der Waals surface area (Å²) in [6.45, 7) is 0.432. The first-order valence-electron chi connectivity index (χ1n) is 6.95. The van der Waals surface area contributed by atoms with Crippen molar-refractivity contribution in [2.24, 2.45) is 0 Å². The topological polar surface area (TPSA) is 49.8 Å². The van der Waals surface area contributed by atoms with E-state index < -0.39 is 6.10 Å². The van der Waals surface area contributed by atoms with Crippen LogP contribution in [0.4, 0.5) is 0 Å². The number of carbonyl (C=O) groups excluding carboxylic acids is 1. The number of benzene rings is 1. The second-order valence-corrected chi connectivity index (χ2v) is 5.26. The number of hydrogen-bond acceptors (Lipinski definition) is 3. The van der Waals surface area contributed by atoms with Gasteiger partial charge in [-0.05, 0) is 30.9 Å². The van der Waals surface area contributed by atoms with E-state index in [4.69, 9.17) is 9.84 Å². The first kappa shape index (κ1) is 12.5. The molecule has 1 heterocycles. The van der Waals surface area contributed by atoms with Crippen LogP contribution in [0.5, 0.6) is 5.75 Å². The lowest BCUT2D eigenvalue weighted by molar-refractivity contribution is -0.142. The van der Waals surface area contributed by atoms with Crippen LogP contribution in [-0.4, -0.2) is 41.2 Å². The van der Waals surface area contributed by atoms with Crippen molar-refractivity contribution < 1.29 is 14.6 Å². The van der Waals surface area contributed by atoms with E-state index >= 15 is 0 Å². The highest BCUT2D eigenvalue weighted by molar-refractivity contribution is 5.83. The number of aliphatic hydroxyl groups is 1. The Bertz CT molecular complexity index is 445. The highest BCUT2D eigenvalue weighted by Gasteiger charge is 2.36. The molecule has 2 aliphatic rings. The first-order valence-corrected chi connectivity index (χ1v) is 6.95. The van der Waals surface area contributed by atoms with E-state index in [2.05, 4.69) is 0 Å². The summed E-state index contributed by atoms with van der Waals surface area (Å²) in [7, 11) is 0. The Balaban J connectivity index is 1.70. The van der Waals surface area contributed by atoms with Gasteiger partial charge in [-0.3, -0.25) is 4.79 Å². The fraction of sp³-hybridized carbons (Fsp3) is 0.533. The van der Waals surface area contributed by atoms with E-state index in [-0.39, 0.29) is 12.5 Å². The van der Waals surface area contributed by atoms with E-state index in [1.165, 1.54) is 6.42 Å². The average Bonchev–Trinajstić information content (AvgIpc) is 2.79. The molecule has 0 aromatic heterocycles. The number of amides is 1. The van der Waals surface area contributed by atoms with Crippen LogP contribution >= 0.6 is 0 Å². The Morgan fingerprint density at radius 1 is 1.37 bits per heavy atom. The molecule has 1 amide bonds. The van der Waals surface area contributed by atoms with Crippen molar-refractivity contribution in [3.8, 4) is 5.75 Å². The van der Waals surface area contributed by atoms with Crippen molar-refractivity contribution >= 4 is 5.91 Å². The van der Waals surface area contributed by atoms with Crippen LogP contribution in [0.3, 0.4) is 0 Å². The third-order valence-electron chi connectivity index (χ3n) is 4.06. The molecule has 1 aromatic rings. The molecular formula is C15H19NO3. The summed E-state index contributed by atoms with van der Waals surface area (Å²) in [6, 6.07) is 8.09. The summed E-state index contributed by atoms with van der Waals surface area (Å²) in [5, 5.41) is 9.14. The van der Waals surface area contributed by atoms with Gasteiger partial charge >= 0.3 is 0 Å². The largest absolute Gasteiger partial charge is 0.480 e. The molecule has 0 radical (unpaired) electrons. The second-order valence-electron chi connectivity index (χ2n) is 5.26. The van der Waals surface area contributed by atoms with Crippen molar-refractivity contribution in [3.63, 3.8) is 0 Å². The zero-order valence-corrected chi connectivity index (χ0v) is 10.9. The minimum Gasteiger partial charge on any atom is -0.480 e. The summed E-state index contributed by atoms with van der Waals surface area (Å²) < 4.78 is 5.74. The van der Waals surface area contributed by atoms with Crippen molar-refractivity contribution in [2.75, 3.05) is 13.2 Å². The van der Waals surface area contributed by atoms with Gasteiger partial charge in [-0.25, -0.2) is 0 Å². The maximum atomic E-state index is 12.5. The first-order chi connectivity index (χ1) is 9.29. The summed E-state index contributed by atoms with van der Waals surface area (Å²) >= 11 is 0. The standard InChI is InChI=1S/C15H19NO3/c17-9-8-16(12-5-3-6-12)15(18)14-10-11-4-1-2-7-13(11)19-14/h1-2,4,7,12,14,17H,3,5-6,8-10H2. The fourth-order valence-electron chi connectivity index (χ4n) is 2.78. The third-order valence-corrected chi connectivity index (χ3v) is 4.06. The number of aliphatic hydroxyl groups excluding tert-OH is 1. The molecule has 4 heteroatoms. The molecule has 3 rings (SSSR count). The molecule has 19 heavy (non-hydrogen) atoms. The number of ether oxygens (including phenoxy) is 1. The van der Waals surface area contributed by atoms with Crippen LogP contribution < -0.4 is 4.74 Å². The molecule has 0 bridgehead atoms. The maximum Gasteiger partial charge on any atom is 0.264 e. The number of nitrogens with zero attached hydrogens (tertiary/aromatic N) is 1. The average molecular weight is 261 g/mol. The molecule has 1 fully saturated rings. The van der Waals surface area contributed by atoms with Gasteiger partial charge in [0.05, 0.1) is 6.61 Å². The zero-order chi connectivity index (χ0) is 13.2. The lowest BCUT2D eigenvalue weighted by Gasteiger charge is -2.38. The minimum atomic E-state index is -0.412. The summed E-state index contributed by atoms with van der Waals surface area (Å²) in [5.41, 5.74) is 1.10. The van der Waals surface area contributed by atoms with Crippen LogP contribution in [0.15, 0.2) is 24.3 Å². The highest BCUT2D eigenvalue weighted by atomic mass is 16.5. The molecule has 1 aliphatic heterocycles. The van der Waals surface area contributed by atoms with E-state index in [0.717, 1.165) is 24.2 Å². The quantitative estimate of drug-likeness (QED) is 0.890. The zero-order valence-electron chi connectivity index (χ0n) is 10.9. The van der Waals surface area contributed by atoms with E-state index in [0.29, 0.717) is 19.0 Å². The van der Waals surface area contributed by atoms with Crippen LogP contribution in [0, 0.1) is 0 Å². The number of rotatable bonds is 4. The molecule has 1 aliphatic carbocycles. The van der Waals surface area contributed by atoms with Crippen molar-refractivity contribution in [1.29, 1.82) is 0 Å². The SMILES string of the molecule is O=C(C1Cc2ccccc2O1)N(CCO)C1CCC1. The fourth-order valence-corrected chi connectivity index (χ4v) is 2.78. The van der Waals surface area contributed by atoms with Gasteiger partial charge in [-0.1, -0.05) is 18.2 Å². The molecule has 1 aromatic carbocycles. The smallest absolute Gasteiger partial charge is 0.264 e. The Kier molecular flexibility index (Phi) is 3.42. The van der Waals surface area contributed by atoms with E-state index in [1.807, 2.05) is 24.3 Å². The molecule has 102 valence electrons. The van der Waals surface area contributed by atoms with Gasteiger partial charge in [0.1, 0.15) is 5.75 Å². The molecule has 1 unspecified atom stereocenters. The Hall–Kier alpha value is -1.55. The molecule has 1 saturated carbocycles. The van der Waals surface area contributed by atoms with Crippen LogP contribution in [0.25, 0.3) is 0 Å². The molecule has 0 saturated heterocycles. The van der Waals surface area contributed by atoms with Gasteiger partial charge in [0.25, 0.3) is 5.91 Å². The lowest BCUT2D eigenvalue weighted by Crippen LogP contribution is -2.50. The highest BCUT2D eigenvalue weighted by Crippen LogP contribution is 2.31. The molecule has 1 N–H and O–H groups in total. The molecule has 4 nitrogen and oxygen atoms in total. The summed E-state index contributed by atoms with van der Waals surface area (Å²) in [6.07, 6.45) is 3.50. The monoisotopic (exact) mass is 261 g/mol. The van der Waals surface area contributed by atoms with E-state index in [1.54, 1.807) is 4.90 Å². The Morgan fingerprint density at radius 2 is 2.16 bits per heavy atom. The number of fused-ring (bicyclic) bond motifs is 1. The summed E-state index contributed by atoms with van der Waals surface area (Å²) in [4.78, 5) is 14.3. The Labute approximate surface area is 113 Å². The van der Waals surface area contributed by atoms with Gasteiger partial charge < -0.3 is 14.7 Å². The normalized spacial score (nSPS) is 21.4. The molecule has 1 atom stereocenters. The molecule has 0 spiro atoms. The van der Waals surface area contributed by atoms with Gasteiger partial charge in [0, 0.05) is 19.0 Å². The van der Waals surface area contributed by atoms with Gasteiger partial charge in [-0.2, -0.15) is 0 Å². The van der Waals surface area contributed by atoms with Crippen LogP contribution in [0.2, 0.25) is 0 Å².